The Hall–Kier alpha value is -1.73. The predicted molar refractivity (Wildman–Crippen MR) is 87.3 cm³/mol. The first-order valence-electron chi connectivity index (χ1n) is 6.63. The average Bonchev–Trinajstić information content (AvgIpc) is 2.72. The molecule has 0 aliphatic rings. The van der Waals surface area contributed by atoms with Crippen molar-refractivity contribution in [1.82, 2.24) is 9.55 Å². The fourth-order valence-corrected chi connectivity index (χ4v) is 2.53. The van der Waals surface area contributed by atoms with E-state index in [1.165, 1.54) is 5.56 Å². The molecule has 0 unspecified atom stereocenters. The van der Waals surface area contributed by atoms with Crippen LogP contribution in [0.25, 0.3) is 11.3 Å². The van der Waals surface area contributed by atoms with Gasteiger partial charge in [-0.2, -0.15) is 0 Å². The quantitative estimate of drug-likeness (QED) is 0.866. The van der Waals surface area contributed by atoms with Crippen molar-refractivity contribution in [2.24, 2.45) is 0 Å². The van der Waals surface area contributed by atoms with Gasteiger partial charge in [0.25, 0.3) is 0 Å². The van der Waals surface area contributed by atoms with Crippen molar-refractivity contribution in [1.29, 1.82) is 0 Å². The Morgan fingerprint density at radius 1 is 1.45 bits per heavy atom. The SMILES string of the molecule is C#CCn1c(CCC)nc(-c2ccc(C)c(Br)c2)c1N. The minimum Gasteiger partial charge on any atom is -0.383 e. The van der Waals surface area contributed by atoms with Crippen LogP contribution in [0, 0.1) is 19.3 Å². The minimum atomic E-state index is 0.460. The summed E-state index contributed by atoms with van der Waals surface area (Å²) in [6.45, 7) is 4.63. The molecule has 0 saturated carbocycles. The van der Waals surface area contributed by atoms with Gasteiger partial charge in [-0.15, -0.1) is 6.42 Å². The molecule has 0 atom stereocenters. The number of nitrogens with two attached hydrogens (primary N) is 1. The van der Waals surface area contributed by atoms with Crippen molar-refractivity contribution >= 4 is 21.7 Å². The lowest BCUT2D eigenvalue weighted by atomic mass is 10.1. The lowest BCUT2D eigenvalue weighted by Gasteiger charge is -2.05. The maximum absolute atomic E-state index is 6.23. The summed E-state index contributed by atoms with van der Waals surface area (Å²) in [7, 11) is 0. The highest BCUT2D eigenvalue weighted by Crippen LogP contribution is 2.30. The van der Waals surface area contributed by atoms with Gasteiger partial charge >= 0.3 is 0 Å². The molecule has 2 aromatic rings. The Labute approximate surface area is 128 Å². The third-order valence-corrected chi connectivity index (χ3v) is 4.11. The van der Waals surface area contributed by atoms with Gasteiger partial charge in [0.05, 0.1) is 6.54 Å². The van der Waals surface area contributed by atoms with Gasteiger partial charge < -0.3 is 10.3 Å². The Morgan fingerprint density at radius 2 is 2.20 bits per heavy atom. The zero-order valence-electron chi connectivity index (χ0n) is 11.8. The van der Waals surface area contributed by atoms with Crippen molar-refractivity contribution in [2.45, 2.75) is 33.2 Å². The summed E-state index contributed by atoms with van der Waals surface area (Å²) >= 11 is 3.55. The zero-order chi connectivity index (χ0) is 14.7. The van der Waals surface area contributed by atoms with Crippen LogP contribution in [0.5, 0.6) is 0 Å². The highest BCUT2D eigenvalue weighted by atomic mass is 79.9. The first-order chi connectivity index (χ1) is 9.58. The van der Waals surface area contributed by atoms with E-state index in [0.29, 0.717) is 12.4 Å². The molecular formula is C16H18BrN3. The lowest BCUT2D eigenvalue weighted by Crippen LogP contribution is -2.06. The molecule has 0 fully saturated rings. The van der Waals surface area contributed by atoms with Gasteiger partial charge in [-0.05, 0) is 25.0 Å². The number of aromatic nitrogens is 2. The van der Waals surface area contributed by atoms with Gasteiger partial charge in [0.2, 0.25) is 0 Å². The van der Waals surface area contributed by atoms with Gasteiger partial charge in [0.1, 0.15) is 17.3 Å². The highest BCUT2D eigenvalue weighted by molar-refractivity contribution is 9.10. The largest absolute Gasteiger partial charge is 0.383 e. The number of nitrogens with zero attached hydrogens (tertiary/aromatic N) is 2. The van der Waals surface area contributed by atoms with E-state index in [9.17, 15) is 0 Å². The molecule has 20 heavy (non-hydrogen) atoms. The summed E-state index contributed by atoms with van der Waals surface area (Å²) in [5.41, 5.74) is 9.23. The van der Waals surface area contributed by atoms with E-state index in [4.69, 9.17) is 12.2 Å². The average molecular weight is 332 g/mol. The molecule has 0 amide bonds. The third-order valence-electron chi connectivity index (χ3n) is 3.25. The summed E-state index contributed by atoms with van der Waals surface area (Å²) in [6, 6.07) is 6.14. The van der Waals surface area contributed by atoms with Crippen molar-refractivity contribution < 1.29 is 0 Å². The molecular weight excluding hydrogens is 314 g/mol. The molecule has 2 N–H and O–H groups in total. The fourth-order valence-electron chi connectivity index (χ4n) is 2.15. The van der Waals surface area contributed by atoms with Gasteiger partial charge in [-0.25, -0.2) is 4.98 Å². The standard InChI is InChI=1S/C16H18BrN3/c1-4-6-14-19-15(16(18)20(14)9-5-2)12-8-7-11(3)13(17)10-12/h2,7-8,10H,4,6,9,18H2,1,3H3. The van der Waals surface area contributed by atoms with Crippen molar-refractivity contribution in [3.05, 3.63) is 34.1 Å². The Bertz CT molecular complexity index is 665. The second-order valence-electron chi connectivity index (χ2n) is 4.77. The molecule has 4 heteroatoms. The van der Waals surface area contributed by atoms with E-state index < -0.39 is 0 Å². The molecule has 1 heterocycles. The summed E-state index contributed by atoms with van der Waals surface area (Å²) in [4.78, 5) is 4.68. The molecule has 0 aliphatic heterocycles. The van der Waals surface area contributed by atoms with Crippen LogP contribution in [-0.4, -0.2) is 9.55 Å². The second kappa shape index (κ2) is 6.15. The van der Waals surface area contributed by atoms with Crippen LogP contribution >= 0.6 is 15.9 Å². The molecule has 0 radical (unpaired) electrons. The van der Waals surface area contributed by atoms with E-state index in [0.717, 1.165) is 34.4 Å². The number of rotatable bonds is 4. The Kier molecular flexibility index (Phi) is 4.51. The van der Waals surface area contributed by atoms with E-state index in [1.807, 2.05) is 16.7 Å². The third kappa shape index (κ3) is 2.73. The van der Waals surface area contributed by atoms with Crippen LogP contribution < -0.4 is 5.73 Å². The van der Waals surface area contributed by atoms with E-state index >= 15 is 0 Å². The summed E-state index contributed by atoms with van der Waals surface area (Å²) < 4.78 is 2.98. The number of benzene rings is 1. The zero-order valence-corrected chi connectivity index (χ0v) is 13.4. The molecule has 0 bridgehead atoms. The van der Waals surface area contributed by atoms with Gasteiger partial charge in [0.15, 0.2) is 0 Å². The number of aryl methyl sites for hydroxylation is 2. The van der Waals surface area contributed by atoms with E-state index in [-0.39, 0.29) is 0 Å². The molecule has 0 saturated heterocycles. The molecule has 2 rings (SSSR count). The normalized spacial score (nSPS) is 10.5. The molecule has 104 valence electrons. The molecule has 3 nitrogen and oxygen atoms in total. The summed E-state index contributed by atoms with van der Waals surface area (Å²) in [5, 5.41) is 0. The second-order valence-corrected chi connectivity index (χ2v) is 5.62. The maximum Gasteiger partial charge on any atom is 0.132 e. The lowest BCUT2D eigenvalue weighted by molar-refractivity contribution is 0.733. The van der Waals surface area contributed by atoms with Crippen LogP contribution in [0.3, 0.4) is 0 Å². The summed E-state index contributed by atoms with van der Waals surface area (Å²) in [5.74, 6) is 4.24. The van der Waals surface area contributed by atoms with E-state index in [2.05, 4.69) is 46.7 Å². The van der Waals surface area contributed by atoms with Crippen LogP contribution in [0.15, 0.2) is 22.7 Å². The van der Waals surface area contributed by atoms with Crippen LogP contribution in [0.1, 0.15) is 24.7 Å². The van der Waals surface area contributed by atoms with Crippen LogP contribution in [0.2, 0.25) is 0 Å². The van der Waals surface area contributed by atoms with Crippen molar-refractivity contribution in [3.63, 3.8) is 0 Å². The Morgan fingerprint density at radius 3 is 2.80 bits per heavy atom. The van der Waals surface area contributed by atoms with Crippen molar-refractivity contribution in [3.8, 4) is 23.6 Å². The smallest absolute Gasteiger partial charge is 0.132 e. The minimum absolute atomic E-state index is 0.460. The van der Waals surface area contributed by atoms with Crippen molar-refractivity contribution in [2.75, 3.05) is 5.73 Å². The first-order valence-corrected chi connectivity index (χ1v) is 7.42. The van der Waals surface area contributed by atoms with Crippen LogP contribution in [-0.2, 0) is 13.0 Å². The first kappa shape index (κ1) is 14.7. The van der Waals surface area contributed by atoms with E-state index in [1.54, 1.807) is 0 Å². The number of halogens is 1. The molecule has 1 aromatic carbocycles. The number of nitrogen functional groups attached to an aromatic ring is 1. The number of hydrogen-bond acceptors (Lipinski definition) is 2. The Balaban J connectivity index is 2.54. The predicted octanol–water partition coefficient (Wildman–Crippen LogP) is 3.79. The monoisotopic (exact) mass is 331 g/mol. The number of hydrogen-bond donors (Lipinski definition) is 1. The topological polar surface area (TPSA) is 43.8 Å². The highest BCUT2D eigenvalue weighted by Gasteiger charge is 2.15. The number of terminal acetylenes is 1. The summed E-state index contributed by atoms with van der Waals surface area (Å²) in [6.07, 6.45) is 7.31. The molecule has 1 aromatic heterocycles. The number of anilines is 1. The maximum atomic E-state index is 6.23. The fraction of sp³-hybridized carbons (Fsp3) is 0.312. The number of imidazole rings is 1. The molecule has 0 aliphatic carbocycles. The van der Waals surface area contributed by atoms with Gasteiger partial charge in [0, 0.05) is 16.5 Å². The van der Waals surface area contributed by atoms with Gasteiger partial charge in [-0.1, -0.05) is 40.9 Å². The van der Waals surface area contributed by atoms with Gasteiger partial charge in [-0.3, -0.25) is 0 Å². The van der Waals surface area contributed by atoms with Crippen LogP contribution in [0.4, 0.5) is 5.82 Å². The molecule has 0 spiro atoms.